The number of carbonyl (C=O) groups is 2. The zero-order chi connectivity index (χ0) is 14.5. The maximum Gasteiger partial charge on any atom is 0.232 e. The number of ketones is 1. The van der Waals surface area contributed by atoms with Crippen LogP contribution in [-0.2, 0) is 4.79 Å². The number of hydrogen-bond acceptors (Lipinski definition) is 2. The molecule has 0 unspecified atom stereocenters. The van der Waals surface area contributed by atoms with Crippen LogP contribution in [0, 0.1) is 11.6 Å². The number of benzene rings is 2. The first-order valence-electron chi connectivity index (χ1n) is 5.90. The number of amides is 1. The van der Waals surface area contributed by atoms with Crippen molar-refractivity contribution in [2.45, 2.75) is 6.42 Å². The Bertz CT molecular complexity index is 642. The maximum absolute atomic E-state index is 13.3. The maximum atomic E-state index is 13.3. The molecule has 0 atom stereocenters. The van der Waals surface area contributed by atoms with Crippen LogP contribution >= 0.6 is 0 Å². The van der Waals surface area contributed by atoms with Crippen LogP contribution in [0.25, 0.3) is 0 Å². The van der Waals surface area contributed by atoms with Gasteiger partial charge in [0.25, 0.3) is 0 Å². The quantitative estimate of drug-likeness (QED) is 0.688. The van der Waals surface area contributed by atoms with Crippen LogP contribution in [0.5, 0.6) is 0 Å². The van der Waals surface area contributed by atoms with Gasteiger partial charge in [-0.1, -0.05) is 36.4 Å². The van der Waals surface area contributed by atoms with Crippen LogP contribution in [0.2, 0.25) is 0 Å². The standard InChI is InChI=1S/C15H11F2NO2/c16-11-7-4-8-12(15(11)17)18-14(20)9-13(19)10-5-2-1-3-6-10/h1-8H,9H2,(H,18,20). The van der Waals surface area contributed by atoms with Gasteiger partial charge in [-0.25, -0.2) is 8.78 Å². The molecule has 1 amide bonds. The topological polar surface area (TPSA) is 46.2 Å². The molecule has 0 spiro atoms. The van der Waals surface area contributed by atoms with Gasteiger partial charge in [0.1, 0.15) is 0 Å². The van der Waals surface area contributed by atoms with Gasteiger partial charge in [0.05, 0.1) is 12.1 Å². The summed E-state index contributed by atoms with van der Waals surface area (Å²) in [7, 11) is 0. The summed E-state index contributed by atoms with van der Waals surface area (Å²) in [6.45, 7) is 0. The van der Waals surface area contributed by atoms with Crippen molar-refractivity contribution < 1.29 is 18.4 Å². The van der Waals surface area contributed by atoms with Gasteiger partial charge in [-0.2, -0.15) is 0 Å². The second-order valence-electron chi connectivity index (χ2n) is 4.12. The lowest BCUT2D eigenvalue weighted by atomic mass is 10.1. The predicted octanol–water partition coefficient (Wildman–Crippen LogP) is 3.18. The molecule has 0 saturated heterocycles. The van der Waals surface area contributed by atoms with Crippen LogP contribution in [0.4, 0.5) is 14.5 Å². The van der Waals surface area contributed by atoms with Crippen molar-refractivity contribution in [3.05, 3.63) is 65.7 Å². The third kappa shape index (κ3) is 3.26. The highest BCUT2D eigenvalue weighted by atomic mass is 19.2. The minimum atomic E-state index is -1.15. The van der Waals surface area contributed by atoms with Crippen molar-refractivity contribution in [3.8, 4) is 0 Å². The molecule has 0 saturated carbocycles. The Labute approximate surface area is 114 Å². The molecule has 2 aromatic rings. The van der Waals surface area contributed by atoms with Gasteiger partial charge in [-0.3, -0.25) is 9.59 Å². The summed E-state index contributed by atoms with van der Waals surface area (Å²) in [6, 6.07) is 11.7. The van der Waals surface area contributed by atoms with E-state index in [1.54, 1.807) is 30.3 Å². The molecule has 3 nitrogen and oxygen atoms in total. The average molecular weight is 275 g/mol. The van der Waals surface area contributed by atoms with E-state index in [1.807, 2.05) is 0 Å². The lowest BCUT2D eigenvalue weighted by molar-refractivity contribution is -0.115. The van der Waals surface area contributed by atoms with Crippen molar-refractivity contribution >= 4 is 17.4 Å². The van der Waals surface area contributed by atoms with Gasteiger partial charge in [0, 0.05) is 5.56 Å². The molecule has 0 aliphatic rings. The van der Waals surface area contributed by atoms with Crippen molar-refractivity contribution in [2.24, 2.45) is 0 Å². The molecule has 0 aliphatic carbocycles. The van der Waals surface area contributed by atoms with E-state index in [0.29, 0.717) is 5.56 Å². The highest BCUT2D eigenvalue weighted by molar-refractivity contribution is 6.10. The third-order valence-electron chi connectivity index (χ3n) is 2.64. The number of nitrogens with one attached hydrogen (secondary N) is 1. The summed E-state index contributed by atoms with van der Waals surface area (Å²) in [5, 5.41) is 2.18. The number of Topliss-reactive ketones (excluding diaryl/α,β-unsaturated/α-hetero) is 1. The van der Waals surface area contributed by atoms with E-state index in [2.05, 4.69) is 5.32 Å². The van der Waals surface area contributed by atoms with Crippen LogP contribution < -0.4 is 5.32 Å². The molecule has 2 rings (SSSR count). The number of carbonyl (C=O) groups excluding carboxylic acids is 2. The monoisotopic (exact) mass is 275 g/mol. The van der Waals surface area contributed by atoms with Crippen molar-refractivity contribution in [2.75, 3.05) is 5.32 Å². The van der Waals surface area contributed by atoms with E-state index < -0.39 is 24.0 Å². The predicted molar refractivity (Wildman–Crippen MR) is 70.4 cm³/mol. The molecule has 0 heterocycles. The molecule has 0 aromatic heterocycles. The molecule has 20 heavy (non-hydrogen) atoms. The second-order valence-corrected chi connectivity index (χ2v) is 4.12. The number of anilines is 1. The number of halogens is 2. The van der Waals surface area contributed by atoms with E-state index in [0.717, 1.165) is 6.07 Å². The SMILES string of the molecule is O=C(CC(=O)c1ccccc1)Nc1cccc(F)c1F. The molecule has 0 radical (unpaired) electrons. The second kappa shape index (κ2) is 6.06. The minimum absolute atomic E-state index is 0.282. The normalized spacial score (nSPS) is 10.1. The third-order valence-corrected chi connectivity index (χ3v) is 2.64. The van der Waals surface area contributed by atoms with Crippen molar-refractivity contribution in [1.82, 2.24) is 0 Å². The van der Waals surface area contributed by atoms with Crippen LogP contribution in [-0.4, -0.2) is 11.7 Å². The Morgan fingerprint density at radius 2 is 1.65 bits per heavy atom. The van der Waals surface area contributed by atoms with E-state index in [9.17, 15) is 18.4 Å². The van der Waals surface area contributed by atoms with Gasteiger partial charge < -0.3 is 5.32 Å². The summed E-state index contributed by atoms with van der Waals surface area (Å²) < 4.78 is 26.3. The molecular formula is C15H11F2NO2. The molecule has 2 aromatic carbocycles. The fraction of sp³-hybridized carbons (Fsp3) is 0.0667. The highest BCUT2D eigenvalue weighted by Crippen LogP contribution is 2.17. The summed E-state index contributed by atoms with van der Waals surface area (Å²) in [4.78, 5) is 23.4. The molecule has 0 aliphatic heterocycles. The summed E-state index contributed by atoms with van der Waals surface area (Å²) in [6.07, 6.45) is -0.431. The molecule has 0 fully saturated rings. The van der Waals surface area contributed by atoms with Crippen LogP contribution in [0.1, 0.15) is 16.8 Å². The number of rotatable bonds is 4. The Morgan fingerprint density at radius 3 is 2.35 bits per heavy atom. The zero-order valence-electron chi connectivity index (χ0n) is 10.4. The molecule has 102 valence electrons. The smallest absolute Gasteiger partial charge is 0.232 e. The summed E-state index contributed by atoms with van der Waals surface area (Å²) in [5.74, 6) is -3.28. The van der Waals surface area contributed by atoms with Crippen molar-refractivity contribution in [3.63, 3.8) is 0 Å². The molecule has 0 bridgehead atoms. The molecule has 5 heteroatoms. The van der Waals surface area contributed by atoms with Gasteiger partial charge >= 0.3 is 0 Å². The Kier molecular flexibility index (Phi) is 4.20. The number of hydrogen-bond donors (Lipinski definition) is 1. The lowest BCUT2D eigenvalue weighted by Gasteiger charge is -2.06. The van der Waals surface area contributed by atoms with Gasteiger partial charge in [-0.15, -0.1) is 0 Å². The minimum Gasteiger partial charge on any atom is -0.323 e. The zero-order valence-corrected chi connectivity index (χ0v) is 10.4. The van der Waals surface area contributed by atoms with Crippen LogP contribution in [0.3, 0.4) is 0 Å². The first kappa shape index (κ1) is 13.9. The van der Waals surface area contributed by atoms with Gasteiger partial charge in [0.2, 0.25) is 5.91 Å². The van der Waals surface area contributed by atoms with E-state index in [4.69, 9.17) is 0 Å². The average Bonchev–Trinajstić information content (AvgIpc) is 2.45. The van der Waals surface area contributed by atoms with Crippen molar-refractivity contribution in [1.29, 1.82) is 0 Å². The van der Waals surface area contributed by atoms with E-state index in [1.165, 1.54) is 12.1 Å². The summed E-state index contributed by atoms with van der Waals surface area (Å²) in [5.41, 5.74) is 0.109. The first-order chi connectivity index (χ1) is 9.58. The molecule has 1 N–H and O–H groups in total. The largest absolute Gasteiger partial charge is 0.323 e. The first-order valence-corrected chi connectivity index (χ1v) is 5.90. The Morgan fingerprint density at radius 1 is 0.950 bits per heavy atom. The lowest BCUT2D eigenvalue weighted by Crippen LogP contribution is -2.17. The Hall–Kier alpha value is -2.56. The van der Waals surface area contributed by atoms with E-state index in [-0.39, 0.29) is 11.5 Å². The fourth-order valence-corrected chi connectivity index (χ4v) is 1.67. The Balaban J connectivity index is 2.03. The van der Waals surface area contributed by atoms with Crippen LogP contribution in [0.15, 0.2) is 48.5 Å². The van der Waals surface area contributed by atoms with E-state index >= 15 is 0 Å². The fourth-order valence-electron chi connectivity index (χ4n) is 1.67. The highest BCUT2D eigenvalue weighted by Gasteiger charge is 2.14. The summed E-state index contributed by atoms with van der Waals surface area (Å²) >= 11 is 0. The van der Waals surface area contributed by atoms with Gasteiger partial charge in [0.15, 0.2) is 17.4 Å². The molecular weight excluding hydrogens is 264 g/mol. The van der Waals surface area contributed by atoms with Gasteiger partial charge in [-0.05, 0) is 12.1 Å².